The Kier molecular flexibility index (Phi) is 7.22. The van der Waals surface area contributed by atoms with Crippen LogP contribution in [-0.2, 0) is 31.6 Å². The fourth-order valence-electron chi connectivity index (χ4n) is 3.01. The van der Waals surface area contributed by atoms with Gasteiger partial charge in [0.2, 0.25) is 5.95 Å². The summed E-state index contributed by atoms with van der Waals surface area (Å²) in [6.07, 6.45) is -4.63. The predicted molar refractivity (Wildman–Crippen MR) is 105 cm³/mol. The predicted octanol–water partition coefficient (Wildman–Crippen LogP) is -1.71. The van der Waals surface area contributed by atoms with Crippen molar-refractivity contribution in [2.45, 2.75) is 24.0 Å². The van der Waals surface area contributed by atoms with E-state index in [2.05, 4.69) is 28.1 Å². The minimum absolute atomic E-state index is 0.00906. The minimum atomic E-state index is -5.80. The van der Waals surface area contributed by atoms with Crippen molar-refractivity contribution in [1.82, 2.24) is 19.5 Å². The van der Waals surface area contributed by atoms with Gasteiger partial charge < -0.3 is 46.0 Å². The van der Waals surface area contributed by atoms with Crippen molar-refractivity contribution in [3.8, 4) is 0 Å². The largest absolute Gasteiger partial charge is 0.490 e. The van der Waals surface area contributed by atoms with Crippen LogP contribution in [0.4, 0.5) is 16.2 Å². The quantitative estimate of drug-likeness (QED) is 0.160. The highest BCUT2D eigenvalue weighted by Crippen LogP contribution is 2.66. The van der Waals surface area contributed by atoms with Crippen LogP contribution in [0.5, 0.6) is 0 Å². The lowest BCUT2D eigenvalue weighted by Gasteiger charge is -2.28. The van der Waals surface area contributed by atoms with Crippen LogP contribution in [0.3, 0.4) is 0 Å². The zero-order valence-electron chi connectivity index (χ0n) is 16.4. The number of halogens is 1. The minimum Gasteiger partial charge on any atom is -0.387 e. The van der Waals surface area contributed by atoms with E-state index in [0.29, 0.717) is 0 Å². The van der Waals surface area contributed by atoms with E-state index in [-0.39, 0.29) is 22.9 Å². The van der Waals surface area contributed by atoms with Gasteiger partial charge in [-0.3, -0.25) is 9.09 Å². The molecule has 6 atom stereocenters. The number of hydrogen-bond acceptors (Lipinski definition) is 14. The summed E-state index contributed by atoms with van der Waals surface area (Å²) in [6.45, 7) is -2.77. The van der Waals surface area contributed by atoms with E-state index in [0.717, 1.165) is 10.9 Å². The van der Waals surface area contributed by atoms with Gasteiger partial charge in [0, 0.05) is 0 Å². The van der Waals surface area contributed by atoms with Crippen LogP contribution in [0.2, 0.25) is 0 Å². The lowest BCUT2D eigenvalue weighted by atomic mass is 9.95. The first kappa shape index (κ1) is 27.0. The van der Waals surface area contributed by atoms with Gasteiger partial charge in [0.05, 0.1) is 12.9 Å². The third-order valence-electron chi connectivity index (χ3n) is 4.35. The first-order valence-corrected chi connectivity index (χ1v) is 13.2. The molecular weight excluding hydrogens is 536 g/mol. The molecule has 3 heterocycles. The Labute approximate surface area is 187 Å². The molecule has 0 saturated carbocycles. The maximum absolute atomic E-state index is 13.8. The van der Waals surface area contributed by atoms with E-state index in [1.54, 1.807) is 0 Å². The number of aliphatic hydroxyl groups excluding tert-OH is 1. The van der Waals surface area contributed by atoms with Gasteiger partial charge in [-0.25, -0.2) is 23.1 Å². The molecule has 1 saturated heterocycles. The second kappa shape index (κ2) is 9.11. The molecule has 19 nitrogen and oxygen atoms in total. The number of hydrogen-bond donors (Lipinski definition) is 8. The van der Waals surface area contributed by atoms with Crippen LogP contribution in [-0.4, -0.2) is 80.4 Å². The summed E-state index contributed by atoms with van der Waals surface area (Å²) in [7, 11) is -17.0. The van der Waals surface area contributed by atoms with Crippen LogP contribution < -0.4 is 11.5 Å². The molecule has 0 aromatic carbocycles. The lowest BCUT2D eigenvalue weighted by molar-refractivity contribution is -0.118. The van der Waals surface area contributed by atoms with Gasteiger partial charge in [-0.15, -0.1) is 0 Å². The Morgan fingerprint density at radius 3 is 2.38 bits per heavy atom. The van der Waals surface area contributed by atoms with E-state index < -0.39 is 60.8 Å². The van der Waals surface area contributed by atoms with Crippen molar-refractivity contribution in [2.75, 3.05) is 24.7 Å². The summed E-state index contributed by atoms with van der Waals surface area (Å²) < 4.78 is 65.5. The maximum Gasteiger partial charge on any atom is 0.490 e. The summed E-state index contributed by atoms with van der Waals surface area (Å²) in [5.74, 6) is -0.467. The molecule has 0 spiro atoms. The number of nitrogens with two attached hydrogens (primary N) is 2. The standard InChI is InChI=1S/C11H18FN6O13P3/c12-2-11(20)6(19)4(1-28-33(24,25)31-34(26,27)30-32(21,22)23)29-9(11)18-3-15-5-7(13)16-10(14)17-8(5)18/h3-4,6,9,19-20H,1-2H2,(H,24,25)(H,26,27)(H2,21,22,23)(H4,13,14,16,17)/t4-,6-,9?,11-/m1/s1. The summed E-state index contributed by atoms with van der Waals surface area (Å²) in [6, 6.07) is 0. The summed E-state index contributed by atoms with van der Waals surface area (Å²) in [4.78, 5) is 47.2. The molecule has 0 bridgehead atoms. The fraction of sp³-hybridized carbons (Fsp3) is 0.545. The molecule has 34 heavy (non-hydrogen) atoms. The molecule has 3 unspecified atom stereocenters. The average Bonchev–Trinajstić information content (AvgIpc) is 3.17. The van der Waals surface area contributed by atoms with Crippen LogP contribution in [0.15, 0.2) is 6.33 Å². The molecule has 0 radical (unpaired) electrons. The Balaban J connectivity index is 1.81. The highest BCUT2D eigenvalue weighted by Gasteiger charge is 2.57. The van der Waals surface area contributed by atoms with E-state index in [1.165, 1.54) is 0 Å². The van der Waals surface area contributed by atoms with Gasteiger partial charge in [-0.2, -0.15) is 18.6 Å². The second-order valence-electron chi connectivity index (χ2n) is 6.77. The normalized spacial score (nSPS) is 29.2. The smallest absolute Gasteiger partial charge is 0.387 e. The second-order valence-corrected chi connectivity index (χ2v) is 11.2. The fourth-order valence-corrected chi connectivity index (χ4v) is 6.04. The molecule has 1 aliphatic rings. The van der Waals surface area contributed by atoms with E-state index in [4.69, 9.17) is 30.9 Å². The lowest BCUT2D eigenvalue weighted by Crippen LogP contribution is -2.49. The Hall–Kier alpha value is -1.63. The summed E-state index contributed by atoms with van der Waals surface area (Å²) >= 11 is 0. The number of ether oxygens (including phenoxy) is 1. The molecule has 2 aromatic rings. The van der Waals surface area contributed by atoms with Gasteiger partial charge >= 0.3 is 23.5 Å². The van der Waals surface area contributed by atoms with E-state index in [9.17, 15) is 33.2 Å². The number of nitrogen functional groups attached to an aromatic ring is 2. The summed E-state index contributed by atoms with van der Waals surface area (Å²) in [5, 5.41) is 21.1. The first-order chi connectivity index (χ1) is 15.5. The monoisotopic (exact) mass is 554 g/mol. The number of phosphoric acid groups is 3. The van der Waals surface area contributed by atoms with Gasteiger partial charge in [-0.1, -0.05) is 0 Å². The molecule has 1 aliphatic heterocycles. The number of fused-ring (bicyclic) bond motifs is 1. The third-order valence-corrected chi connectivity index (χ3v) is 8.15. The van der Waals surface area contributed by atoms with Crippen molar-refractivity contribution >= 4 is 46.4 Å². The van der Waals surface area contributed by atoms with Crippen molar-refractivity contribution < 1.29 is 65.8 Å². The van der Waals surface area contributed by atoms with Crippen LogP contribution in [0.1, 0.15) is 6.23 Å². The molecule has 23 heteroatoms. The highest BCUT2D eigenvalue weighted by molar-refractivity contribution is 7.66. The number of aliphatic hydroxyl groups is 2. The number of rotatable bonds is 9. The number of phosphoric ester groups is 1. The third kappa shape index (κ3) is 5.60. The van der Waals surface area contributed by atoms with Gasteiger partial charge in [-0.05, 0) is 0 Å². The Morgan fingerprint density at radius 2 is 1.79 bits per heavy atom. The van der Waals surface area contributed by atoms with Crippen molar-refractivity contribution in [1.29, 1.82) is 0 Å². The first-order valence-electron chi connectivity index (χ1n) is 8.64. The van der Waals surface area contributed by atoms with Crippen molar-refractivity contribution in [3.05, 3.63) is 6.33 Å². The number of aromatic nitrogens is 4. The highest BCUT2D eigenvalue weighted by atomic mass is 31.3. The van der Waals surface area contributed by atoms with E-state index in [1.807, 2.05) is 0 Å². The maximum atomic E-state index is 13.8. The SMILES string of the molecule is Nc1nc(N)c2ncn(C3O[C@H](COP(=O)(O)OP(=O)(O)OP(=O)(O)O)[C@@H](O)[C@]3(O)CF)c2n1. The Morgan fingerprint density at radius 1 is 1.15 bits per heavy atom. The van der Waals surface area contributed by atoms with Crippen LogP contribution in [0.25, 0.3) is 11.2 Å². The summed E-state index contributed by atoms with van der Waals surface area (Å²) in [5.41, 5.74) is 8.38. The molecule has 0 aliphatic carbocycles. The molecule has 192 valence electrons. The number of imidazole rings is 1. The zero-order chi connectivity index (χ0) is 25.7. The van der Waals surface area contributed by atoms with E-state index >= 15 is 0 Å². The van der Waals surface area contributed by atoms with Crippen LogP contribution in [0, 0.1) is 0 Å². The zero-order valence-corrected chi connectivity index (χ0v) is 19.1. The molecule has 0 amide bonds. The number of alkyl halides is 1. The molecular formula is C11H18FN6O13P3. The topological polar surface area (TPSA) is 305 Å². The van der Waals surface area contributed by atoms with Gasteiger partial charge in [0.1, 0.15) is 24.4 Å². The van der Waals surface area contributed by atoms with Crippen molar-refractivity contribution in [3.63, 3.8) is 0 Å². The molecule has 3 rings (SSSR count). The number of nitrogens with zero attached hydrogens (tertiary/aromatic N) is 4. The van der Waals surface area contributed by atoms with Crippen LogP contribution >= 0.6 is 23.5 Å². The molecule has 1 fully saturated rings. The molecule has 2 aromatic heterocycles. The Bertz CT molecular complexity index is 1220. The average molecular weight is 554 g/mol. The van der Waals surface area contributed by atoms with Crippen molar-refractivity contribution in [2.24, 2.45) is 0 Å². The number of anilines is 2. The molecule has 10 N–H and O–H groups in total. The van der Waals surface area contributed by atoms with Gasteiger partial charge in [0.15, 0.2) is 23.3 Å². The van der Waals surface area contributed by atoms with Gasteiger partial charge in [0.25, 0.3) is 0 Å².